The molecule has 0 radical (unpaired) electrons. The van der Waals surface area contributed by atoms with E-state index in [4.69, 9.17) is 23.4 Å². The van der Waals surface area contributed by atoms with Gasteiger partial charge >= 0.3 is 0 Å². The first-order valence-corrected chi connectivity index (χ1v) is 6.92. The molecule has 0 N–H and O–H groups in total. The Labute approximate surface area is 138 Å². The summed E-state index contributed by atoms with van der Waals surface area (Å²) in [5, 5.41) is 0.251. The van der Waals surface area contributed by atoms with Gasteiger partial charge in [-0.15, -0.1) is 0 Å². The van der Waals surface area contributed by atoms with Crippen molar-refractivity contribution >= 4 is 16.8 Å². The van der Waals surface area contributed by atoms with Crippen LogP contribution in [0.2, 0.25) is 0 Å². The van der Waals surface area contributed by atoms with Crippen LogP contribution in [-0.2, 0) is 14.3 Å². The molecule has 24 heavy (non-hydrogen) atoms. The number of methoxy groups -OCH3 is 2. The summed E-state index contributed by atoms with van der Waals surface area (Å²) in [6, 6.07) is 2.99. The van der Waals surface area contributed by atoms with Crippen molar-refractivity contribution in [2.24, 2.45) is 0 Å². The Morgan fingerprint density at radius 1 is 1.12 bits per heavy atom. The monoisotopic (exact) mass is 332 g/mol. The summed E-state index contributed by atoms with van der Waals surface area (Å²) in [5.74, 6) is 5.10. The number of benzene rings is 1. The molecule has 0 amide bonds. The van der Waals surface area contributed by atoms with E-state index in [0.29, 0.717) is 17.1 Å². The van der Waals surface area contributed by atoms with Gasteiger partial charge in [0.15, 0.2) is 25.1 Å². The van der Waals surface area contributed by atoms with Gasteiger partial charge in [-0.1, -0.05) is 5.92 Å². The van der Waals surface area contributed by atoms with Crippen LogP contribution in [0.4, 0.5) is 0 Å². The third-order valence-electron chi connectivity index (χ3n) is 2.88. The van der Waals surface area contributed by atoms with Crippen molar-refractivity contribution in [3.63, 3.8) is 0 Å². The number of ether oxygens (including phenoxy) is 4. The summed E-state index contributed by atoms with van der Waals surface area (Å²) in [5.41, 5.74) is 0.00996. The fraction of sp³-hybridized carbons (Fsp3) is 0.294. The van der Waals surface area contributed by atoms with Gasteiger partial charge in [-0.2, -0.15) is 0 Å². The molecule has 2 aromatic rings. The molecule has 0 aliphatic rings. The number of rotatable bonds is 6. The van der Waals surface area contributed by atoms with Crippen LogP contribution in [0.1, 0.15) is 12.5 Å². The number of hydrogen-bond donors (Lipinski definition) is 0. The number of fused-ring (bicyclic) bond motifs is 1. The number of ketones is 1. The molecule has 126 valence electrons. The first kappa shape index (κ1) is 17.5. The van der Waals surface area contributed by atoms with Gasteiger partial charge < -0.3 is 23.4 Å². The van der Waals surface area contributed by atoms with Gasteiger partial charge in [0.25, 0.3) is 0 Å². The van der Waals surface area contributed by atoms with Crippen molar-refractivity contribution < 1.29 is 28.2 Å². The predicted molar refractivity (Wildman–Crippen MR) is 85.1 cm³/mol. The van der Waals surface area contributed by atoms with Crippen molar-refractivity contribution in [1.82, 2.24) is 0 Å². The SMILES string of the molecule is COCOc1cc2occ(C#CC(C)=O)c(=O)c2cc1OCOC. The van der Waals surface area contributed by atoms with Gasteiger partial charge in [0, 0.05) is 27.2 Å². The zero-order valence-corrected chi connectivity index (χ0v) is 13.5. The van der Waals surface area contributed by atoms with Gasteiger partial charge in [-0.25, -0.2) is 0 Å². The highest BCUT2D eigenvalue weighted by Gasteiger charge is 2.13. The molecule has 1 aromatic carbocycles. The Kier molecular flexibility index (Phi) is 5.95. The molecular formula is C17H16O7. The van der Waals surface area contributed by atoms with Crippen molar-refractivity contribution in [3.8, 4) is 23.3 Å². The highest BCUT2D eigenvalue weighted by atomic mass is 16.7. The van der Waals surface area contributed by atoms with E-state index in [-0.39, 0.29) is 35.7 Å². The summed E-state index contributed by atoms with van der Waals surface area (Å²) in [6.07, 6.45) is 1.20. The van der Waals surface area contributed by atoms with Gasteiger partial charge in [0.05, 0.1) is 5.39 Å². The van der Waals surface area contributed by atoms with E-state index in [1.54, 1.807) is 0 Å². The van der Waals surface area contributed by atoms with E-state index >= 15 is 0 Å². The van der Waals surface area contributed by atoms with E-state index < -0.39 is 0 Å². The van der Waals surface area contributed by atoms with Crippen LogP contribution < -0.4 is 14.9 Å². The number of carbonyl (C=O) groups excluding carboxylic acids is 1. The summed E-state index contributed by atoms with van der Waals surface area (Å²) >= 11 is 0. The molecule has 0 fully saturated rings. The average molecular weight is 332 g/mol. The average Bonchev–Trinajstić information content (AvgIpc) is 2.57. The van der Waals surface area contributed by atoms with E-state index in [9.17, 15) is 9.59 Å². The molecule has 1 heterocycles. The molecule has 0 spiro atoms. The minimum atomic E-state index is -0.370. The van der Waals surface area contributed by atoms with Gasteiger partial charge in [0.2, 0.25) is 11.2 Å². The minimum absolute atomic E-state index is 0.00124. The van der Waals surface area contributed by atoms with Crippen molar-refractivity contribution in [1.29, 1.82) is 0 Å². The lowest BCUT2D eigenvalue weighted by Crippen LogP contribution is -2.08. The Hall–Kier alpha value is -2.82. The molecule has 2 rings (SSSR count). The maximum absolute atomic E-state index is 12.5. The molecule has 0 aliphatic carbocycles. The zero-order chi connectivity index (χ0) is 17.5. The molecule has 0 aliphatic heterocycles. The third-order valence-corrected chi connectivity index (χ3v) is 2.88. The standard InChI is InChI=1S/C17H16O7/c1-11(18)4-5-12-8-22-14-7-16(24-10-21-3)15(23-9-20-2)6-13(14)17(12)19/h6-8H,9-10H2,1-3H3. The van der Waals surface area contributed by atoms with Crippen LogP contribution in [0.25, 0.3) is 11.0 Å². The van der Waals surface area contributed by atoms with Crippen LogP contribution >= 0.6 is 0 Å². The van der Waals surface area contributed by atoms with E-state index in [1.807, 2.05) is 0 Å². The molecule has 0 atom stereocenters. The van der Waals surface area contributed by atoms with Crippen molar-refractivity contribution in [3.05, 3.63) is 34.2 Å². The zero-order valence-electron chi connectivity index (χ0n) is 13.5. The smallest absolute Gasteiger partial charge is 0.208 e. The Morgan fingerprint density at radius 2 is 1.75 bits per heavy atom. The lowest BCUT2D eigenvalue weighted by molar-refractivity contribution is -0.111. The topological polar surface area (TPSA) is 84.2 Å². The lowest BCUT2D eigenvalue weighted by Gasteiger charge is -2.12. The fourth-order valence-corrected chi connectivity index (χ4v) is 1.85. The summed E-state index contributed by atoms with van der Waals surface area (Å²) < 4.78 is 26.0. The maximum Gasteiger partial charge on any atom is 0.208 e. The molecule has 1 aromatic heterocycles. The summed E-state index contributed by atoms with van der Waals surface area (Å²) in [6.45, 7) is 1.29. The number of carbonyl (C=O) groups is 1. The Balaban J connectivity index is 2.55. The third kappa shape index (κ3) is 4.13. The van der Waals surface area contributed by atoms with E-state index in [2.05, 4.69) is 11.8 Å². The Morgan fingerprint density at radius 3 is 2.33 bits per heavy atom. The van der Waals surface area contributed by atoms with Gasteiger partial charge in [0.1, 0.15) is 17.4 Å². The molecule has 7 heteroatoms. The second-order valence-electron chi connectivity index (χ2n) is 4.68. The maximum atomic E-state index is 12.5. The highest BCUT2D eigenvalue weighted by Crippen LogP contribution is 2.31. The van der Waals surface area contributed by atoms with Crippen LogP contribution in [-0.4, -0.2) is 33.6 Å². The minimum Gasteiger partial charge on any atom is -0.464 e. The van der Waals surface area contributed by atoms with Gasteiger partial charge in [-0.05, 0) is 12.0 Å². The molecule has 7 nitrogen and oxygen atoms in total. The van der Waals surface area contributed by atoms with E-state index in [0.717, 1.165) is 0 Å². The molecular weight excluding hydrogens is 316 g/mol. The second-order valence-corrected chi connectivity index (χ2v) is 4.68. The first-order chi connectivity index (χ1) is 11.6. The van der Waals surface area contributed by atoms with Crippen LogP contribution in [0.5, 0.6) is 11.5 Å². The quantitative estimate of drug-likeness (QED) is 0.588. The first-order valence-electron chi connectivity index (χ1n) is 6.92. The summed E-state index contributed by atoms with van der Waals surface area (Å²) in [7, 11) is 2.96. The lowest BCUT2D eigenvalue weighted by atomic mass is 10.1. The highest BCUT2D eigenvalue weighted by molar-refractivity contribution is 5.94. The van der Waals surface area contributed by atoms with Gasteiger partial charge in [-0.3, -0.25) is 9.59 Å². The normalized spacial score (nSPS) is 10.1. The van der Waals surface area contributed by atoms with Crippen LogP contribution in [0, 0.1) is 11.8 Å². The summed E-state index contributed by atoms with van der Waals surface area (Å²) in [4.78, 5) is 23.4. The number of Topliss-reactive ketones (excluding diaryl/α,β-unsaturated/α-hetero) is 1. The van der Waals surface area contributed by atoms with Crippen LogP contribution in [0.3, 0.4) is 0 Å². The largest absolute Gasteiger partial charge is 0.464 e. The molecule has 0 bridgehead atoms. The predicted octanol–water partition coefficient (Wildman–Crippen LogP) is 1.70. The molecule has 0 saturated heterocycles. The molecule has 0 saturated carbocycles. The fourth-order valence-electron chi connectivity index (χ4n) is 1.85. The van der Waals surface area contributed by atoms with Crippen molar-refractivity contribution in [2.45, 2.75) is 6.92 Å². The molecule has 0 unspecified atom stereocenters. The van der Waals surface area contributed by atoms with Crippen LogP contribution in [0.15, 0.2) is 27.6 Å². The second kappa shape index (κ2) is 8.15. The Bertz CT molecular complexity index is 855. The van der Waals surface area contributed by atoms with E-state index in [1.165, 1.54) is 39.5 Å². The number of hydrogen-bond acceptors (Lipinski definition) is 7. The van der Waals surface area contributed by atoms with Crippen molar-refractivity contribution in [2.75, 3.05) is 27.8 Å².